The van der Waals surface area contributed by atoms with Gasteiger partial charge in [-0.05, 0) is 49.7 Å². The fraction of sp³-hybridized carbons (Fsp3) is 0.529. The first kappa shape index (κ1) is 22.0. The van der Waals surface area contributed by atoms with Crippen LogP contribution in [0.1, 0.15) is 31.2 Å². The summed E-state index contributed by atoms with van der Waals surface area (Å²) in [5, 5.41) is 10.4. The number of hydrogen-bond acceptors (Lipinski definition) is 5. The first-order valence-corrected chi connectivity index (χ1v) is 8.96. The molecule has 0 spiro atoms. The summed E-state index contributed by atoms with van der Waals surface area (Å²) in [6, 6.07) is 1.97. The molecule has 25 heavy (non-hydrogen) atoms. The van der Waals surface area contributed by atoms with Gasteiger partial charge in [0, 0.05) is 17.5 Å². The summed E-state index contributed by atoms with van der Waals surface area (Å²) in [6.45, 7) is 6.88. The molecule has 3 rings (SSSR count). The molecule has 0 aromatic carbocycles. The first-order valence-electron chi connectivity index (χ1n) is 8.02. The molecule has 1 aliphatic rings. The third kappa shape index (κ3) is 5.71. The largest absolute Gasteiger partial charge is 0.441 e. The zero-order chi connectivity index (χ0) is 16.3. The van der Waals surface area contributed by atoms with Crippen LogP contribution in [0.4, 0.5) is 0 Å². The average molecular weight is 406 g/mol. The number of aryl methyl sites for hydroxylation is 1. The highest BCUT2D eigenvalue weighted by Crippen LogP contribution is 2.27. The van der Waals surface area contributed by atoms with Crippen molar-refractivity contribution < 1.29 is 9.21 Å². The molecule has 8 heteroatoms. The molecule has 0 unspecified atom stereocenters. The number of amides is 1. The Morgan fingerprint density at radius 3 is 2.76 bits per heavy atom. The minimum atomic E-state index is 0. The maximum Gasteiger partial charge on any atom is 0.227 e. The average Bonchev–Trinajstić information content (AvgIpc) is 3.17. The Balaban J connectivity index is 0.00000156. The lowest BCUT2D eigenvalue weighted by Gasteiger charge is -2.34. The molecule has 0 bridgehead atoms. The fourth-order valence-corrected chi connectivity index (χ4v) is 3.47. The van der Waals surface area contributed by atoms with Crippen LogP contribution in [-0.2, 0) is 11.2 Å². The van der Waals surface area contributed by atoms with Gasteiger partial charge in [0.2, 0.25) is 11.8 Å². The SMILES string of the molecule is Cc1oc(-c2ccsc2)nc1CC(=O)NCC1(C)CCNCC1.Cl.Cl. The number of carbonyl (C=O) groups excluding carboxylic acids is 1. The second-order valence-electron chi connectivity index (χ2n) is 6.55. The van der Waals surface area contributed by atoms with Crippen molar-refractivity contribution in [2.45, 2.75) is 33.1 Å². The van der Waals surface area contributed by atoms with E-state index in [0.717, 1.165) is 49.5 Å². The van der Waals surface area contributed by atoms with Crippen LogP contribution >= 0.6 is 36.2 Å². The van der Waals surface area contributed by atoms with Crippen LogP contribution in [-0.4, -0.2) is 30.5 Å². The van der Waals surface area contributed by atoms with Gasteiger partial charge in [-0.25, -0.2) is 4.98 Å². The predicted molar refractivity (Wildman–Crippen MR) is 106 cm³/mol. The van der Waals surface area contributed by atoms with Gasteiger partial charge >= 0.3 is 0 Å². The summed E-state index contributed by atoms with van der Waals surface area (Å²) in [5.41, 5.74) is 1.88. The number of thiophene rings is 1. The zero-order valence-corrected chi connectivity index (χ0v) is 16.9. The Bertz CT molecular complexity index is 667. The predicted octanol–water partition coefficient (Wildman–Crippen LogP) is 3.60. The van der Waals surface area contributed by atoms with Crippen LogP contribution < -0.4 is 10.6 Å². The molecule has 0 radical (unpaired) electrons. The third-order valence-electron chi connectivity index (χ3n) is 4.51. The molecule has 0 aliphatic carbocycles. The van der Waals surface area contributed by atoms with Gasteiger partial charge in [0.05, 0.1) is 12.1 Å². The Labute approximate surface area is 164 Å². The number of nitrogens with zero attached hydrogens (tertiary/aromatic N) is 1. The monoisotopic (exact) mass is 405 g/mol. The lowest BCUT2D eigenvalue weighted by atomic mass is 9.81. The molecule has 0 atom stereocenters. The van der Waals surface area contributed by atoms with Crippen molar-refractivity contribution in [1.29, 1.82) is 0 Å². The highest BCUT2D eigenvalue weighted by atomic mass is 35.5. The molecule has 1 saturated heterocycles. The molecule has 5 nitrogen and oxygen atoms in total. The summed E-state index contributed by atoms with van der Waals surface area (Å²) in [5.74, 6) is 1.32. The number of carbonyl (C=O) groups is 1. The fourth-order valence-electron chi connectivity index (χ4n) is 2.84. The highest BCUT2D eigenvalue weighted by molar-refractivity contribution is 7.08. The van der Waals surface area contributed by atoms with Gasteiger partial charge in [-0.2, -0.15) is 11.3 Å². The second kappa shape index (κ2) is 9.57. The van der Waals surface area contributed by atoms with E-state index < -0.39 is 0 Å². The maximum absolute atomic E-state index is 12.2. The second-order valence-corrected chi connectivity index (χ2v) is 7.33. The van der Waals surface area contributed by atoms with Crippen LogP contribution in [0.2, 0.25) is 0 Å². The number of oxazole rings is 1. The molecular formula is C17H25Cl2N3O2S. The van der Waals surface area contributed by atoms with Gasteiger partial charge in [-0.15, -0.1) is 24.8 Å². The van der Waals surface area contributed by atoms with Crippen molar-refractivity contribution in [3.63, 3.8) is 0 Å². The van der Waals surface area contributed by atoms with E-state index in [4.69, 9.17) is 4.42 Å². The Morgan fingerprint density at radius 1 is 1.40 bits per heavy atom. The van der Waals surface area contributed by atoms with E-state index in [9.17, 15) is 4.79 Å². The Kier molecular flexibility index (Phi) is 8.41. The number of hydrogen-bond donors (Lipinski definition) is 2. The molecule has 1 amide bonds. The number of nitrogens with one attached hydrogen (secondary N) is 2. The highest BCUT2D eigenvalue weighted by Gasteiger charge is 2.27. The quantitative estimate of drug-likeness (QED) is 0.796. The lowest BCUT2D eigenvalue weighted by Crippen LogP contribution is -2.43. The normalized spacial score (nSPS) is 15.8. The molecule has 3 heterocycles. The van der Waals surface area contributed by atoms with Crippen molar-refractivity contribution in [3.05, 3.63) is 28.3 Å². The van der Waals surface area contributed by atoms with Gasteiger partial charge in [0.25, 0.3) is 0 Å². The van der Waals surface area contributed by atoms with Gasteiger partial charge in [-0.3, -0.25) is 4.79 Å². The van der Waals surface area contributed by atoms with Crippen molar-refractivity contribution >= 4 is 42.1 Å². The number of piperidine rings is 1. The van der Waals surface area contributed by atoms with Gasteiger partial charge in [-0.1, -0.05) is 6.92 Å². The Hall–Kier alpha value is -1.08. The van der Waals surface area contributed by atoms with Crippen LogP contribution in [0, 0.1) is 12.3 Å². The van der Waals surface area contributed by atoms with Gasteiger partial charge in [0.1, 0.15) is 5.76 Å². The van der Waals surface area contributed by atoms with E-state index in [1.54, 1.807) is 11.3 Å². The minimum absolute atomic E-state index is 0. The molecule has 2 aromatic rings. The molecule has 1 aliphatic heterocycles. The molecule has 140 valence electrons. The molecule has 0 saturated carbocycles. The standard InChI is InChI=1S/C17H23N3O2S.2ClH/c1-12-14(20-16(22-12)13-3-8-23-10-13)9-15(21)19-11-17(2)4-6-18-7-5-17;;/h3,8,10,18H,4-7,9,11H2,1-2H3,(H,19,21);2*1H. The zero-order valence-electron chi connectivity index (χ0n) is 14.5. The molecule has 2 N–H and O–H groups in total. The molecular weight excluding hydrogens is 381 g/mol. The molecule has 2 aromatic heterocycles. The van der Waals surface area contributed by atoms with Crippen molar-refractivity contribution in [3.8, 4) is 11.5 Å². The van der Waals surface area contributed by atoms with Crippen molar-refractivity contribution in [1.82, 2.24) is 15.6 Å². The number of aromatic nitrogens is 1. The van der Waals surface area contributed by atoms with Gasteiger partial charge in [0.15, 0.2) is 0 Å². The molecule has 1 fully saturated rings. The minimum Gasteiger partial charge on any atom is -0.441 e. The lowest BCUT2D eigenvalue weighted by molar-refractivity contribution is -0.121. The van der Waals surface area contributed by atoms with Crippen LogP contribution in [0.5, 0.6) is 0 Å². The number of halogens is 2. The summed E-state index contributed by atoms with van der Waals surface area (Å²) in [6.07, 6.45) is 2.46. The number of rotatable bonds is 5. The maximum atomic E-state index is 12.2. The van der Waals surface area contributed by atoms with Crippen molar-refractivity contribution in [2.24, 2.45) is 5.41 Å². The van der Waals surface area contributed by atoms with E-state index in [1.807, 2.05) is 23.8 Å². The first-order chi connectivity index (χ1) is 11.1. The van der Waals surface area contributed by atoms with Crippen molar-refractivity contribution in [2.75, 3.05) is 19.6 Å². The van der Waals surface area contributed by atoms with Crippen LogP contribution in [0.25, 0.3) is 11.5 Å². The third-order valence-corrected chi connectivity index (χ3v) is 5.20. The van der Waals surface area contributed by atoms with Crippen LogP contribution in [0.3, 0.4) is 0 Å². The van der Waals surface area contributed by atoms with Crippen LogP contribution in [0.15, 0.2) is 21.2 Å². The smallest absolute Gasteiger partial charge is 0.227 e. The van der Waals surface area contributed by atoms with E-state index in [2.05, 4.69) is 22.5 Å². The summed E-state index contributed by atoms with van der Waals surface area (Å²) >= 11 is 1.60. The van der Waals surface area contributed by atoms with Gasteiger partial charge < -0.3 is 15.1 Å². The Morgan fingerprint density at radius 2 is 2.12 bits per heavy atom. The van der Waals surface area contributed by atoms with E-state index in [0.29, 0.717) is 5.89 Å². The summed E-state index contributed by atoms with van der Waals surface area (Å²) in [7, 11) is 0. The summed E-state index contributed by atoms with van der Waals surface area (Å²) < 4.78 is 5.68. The van der Waals surface area contributed by atoms with E-state index >= 15 is 0 Å². The van der Waals surface area contributed by atoms with E-state index in [1.165, 1.54) is 0 Å². The topological polar surface area (TPSA) is 67.2 Å². The summed E-state index contributed by atoms with van der Waals surface area (Å²) in [4.78, 5) is 16.7. The van der Waals surface area contributed by atoms with E-state index in [-0.39, 0.29) is 42.6 Å².